The number of ether oxygens (including phenoxy) is 1. The third-order valence-electron chi connectivity index (χ3n) is 5.29. The van der Waals surface area contributed by atoms with Gasteiger partial charge in [0.1, 0.15) is 5.25 Å². The molecule has 9 heteroatoms. The van der Waals surface area contributed by atoms with Gasteiger partial charge in [0.05, 0.1) is 21.8 Å². The lowest BCUT2D eigenvalue weighted by atomic mass is 9.97. The van der Waals surface area contributed by atoms with E-state index in [4.69, 9.17) is 27.9 Å². The maximum atomic E-state index is 13.2. The monoisotopic (exact) mass is 421 g/mol. The van der Waals surface area contributed by atoms with E-state index in [1.165, 1.54) is 0 Å². The van der Waals surface area contributed by atoms with E-state index in [0.717, 1.165) is 31.4 Å². The average Bonchev–Trinajstić information content (AvgIpc) is 2.88. The molecule has 1 aliphatic heterocycles. The van der Waals surface area contributed by atoms with Gasteiger partial charge in [-0.05, 0) is 19.3 Å². The zero-order valence-corrected chi connectivity index (χ0v) is 17.2. The first-order valence-corrected chi connectivity index (χ1v) is 11.3. The van der Waals surface area contributed by atoms with E-state index in [9.17, 15) is 8.42 Å². The normalized spacial score (nSPS) is 25.9. The van der Waals surface area contributed by atoms with Crippen molar-refractivity contribution < 1.29 is 13.2 Å². The Morgan fingerprint density at radius 3 is 2.42 bits per heavy atom. The molecule has 1 aliphatic carbocycles. The van der Waals surface area contributed by atoms with Gasteiger partial charge in [-0.2, -0.15) is 4.31 Å². The van der Waals surface area contributed by atoms with Crippen LogP contribution in [0, 0.1) is 0 Å². The molecule has 0 spiro atoms. The van der Waals surface area contributed by atoms with Gasteiger partial charge in [0.2, 0.25) is 10.0 Å². The summed E-state index contributed by atoms with van der Waals surface area (Å²) in [5.41, 5.74) is 0.731. The molecule has 6 nitrogen and oxygen atoms in total. The fourth-order valence-electron chi connectivity index (χ4n) is 3.94. The summed E-state index contributed by atoms with van der Waals surface area (Å²) in [6.07, 6.45) is 7.08. The van der Waals surface area contributed by atoms with Gasteiger partial charge >= 0.3 is 0 Å². The Morgan fingerprint density at radius 2 is 1.73 bits per heavy atom. The molecule has 3 rings (SSSR count). The van der Waals surface area contributed by atoms with Crippen LogP contribution in [0.25, 0.3) is 0 Å². The van der Waals surface area contributed by atoms with Gasteiger partial charge in [0.25, 0.3) is 0 Å². The van der Waals surface area contributed by atoms with Crippen LogP contribution in [0.3, 0.4) is 0 Å². The highest BCUT2D eigenvalue weighted by molar-refractivity contribution is 7.89. The number of sulfonamides is 1. The van der Waals surface area contributed by atoms with Crippen molar-refractivity contribution in [2.45, 2.75) is 43.5 Å². The lowest BCUT2D eigenvalue weighted by Gasteiger charge is -2.34. The van der Waals surface area contributed by atoms with Crippen molar-refractivity contribution in [3.8, 4) is 0 Å². The summed E-state index contributed by atoms with van der Waals surface area (Å²) in [4.78, 5) is 6.04. The molecule has 2 unspecified atom stereocenters. The number of aromatic nitrogens is 1. The van der Waals surface area contributed by atoms with Crippen LogP contribution in [-0.2, 0) is 14.8 Å². The maximum Gasteiger partial charge on any atom is 0.219 e. The standard InChI is InChI=1S/C17H25Cl2N3O3S/c1-25-15-5-2-3-6-16(15)26(23,24)22-8-4-7-21(9-10-22)17-13(18)11-20-12-14(17)19/h11-12,15-16H,2-10H2,1H3. The van der Waals surface area contributed by atoms with Crippen molar-refractivity contribution in [3.05, 3.63) is 22.4 Å². The highest BCUT2D eigenvalue weighted by atomic mass is 35.5. The Kier molecular flexibility index (Phi) is 6.67. The van der Waals surface area contributed by atoms with Crippen molar-refractivity contribution in [2.24, 2.45) is 0 Å². The topological polar surface area (TPSA) is 62.7 Å². The predicted octanol–water partition coefficient (Wildman–Crippen LogP) is 3.19. The molecule has 0 amide bonds. The quantitative estimate of drug-likeness (QED) is 0.746. The van der Waals surface area contributed by atoms with Crippen LogP contribution < -0.4 is 4.90 Å². The summed E-state index contributed by atoms with van der Waals surface area (Å²) in [7, 11) is -1.78. The molecule has 2 aliphatic rings. The van der Waals surface area contributed by atoms with Crippen LogP contribution in [0.4, 0.5) is 5.69 Å². The van der Waals surface area contributed by atoms with E-state index in [1.807, 2.05) is 0 Å². The molecule has 1 aromatic rings. The number of halogens is 2. The fourth-order valence-corrected chi connectivity index (χ4v) is 6.74. The van der Waals surface area contributed by atoms with Gasteiger partial charge in [-0.1, -0.05) is 36.0 Å². The van der Waals surface area contributed by atoms with E-state index >= 15 is 0 Å². The molecule has 2 heterocycles. The number of nitrogens with zero attached hydrogens (tertiary/aromatic N) is 3. The van der Waals surface area contributed by atoms with Gasteiger partial charge in [-0.15, -0.1) is 0 Å². The minimum Gasteiger partial charge on any atom is -0.380 e. The Hall–Kier alpha value is -0.600. The Morgan fingerprint density at radius 1 is 1.04 bits per heavy atom. The highest BCUT2D eigenvalue weighted by Crippen LogP contribution is 2.34. The van der Waals surface area contributed by atoms with Crippen LogP contribution >= 0.6 is 23.2 Å². The first kappa shape index (κ1) is 20.1. The molecule has 146 valence electrons. The van der Waals surface area contributed by atoms with Gasteiger partial charge in [-0.25, -0.2) is 8.42 Å². The molecule has 0 aromatic carbocycles. The predicted molar refractivity (Wildman–Crippen MR) is 105 cm³/mol. The van der Waals surface area contributed by atoms with Gasteiger partial charge < -0.3 is 9.64 Å². The van der Waals surface area contributed by atoms with Crippen LogP contribution in [0.2, 0.25) is 10.0 Å². The van der Waals surface area contributed by atoms with E-state index < -0.39 is 15.3 Å². The first-order chi connectivity index (χ1) is 12.4. The Labute approximate surface area is 165 Å². The number of anilines is 1. The van der Waals surface area contributed by atoms with Crippen molar-refractivity contribution in [2.75, 3.05) is 38.2 Å². The molecular weight excluding hydrogens is 397 g/mol. The van der Waals surface area contributed by atoms with E-state index in [1.54, 1.807) is 23.8 Å². The van der Waals surface area contributed by atoms with E-state index in [0.29, 0.717) is 42.6 Å². The summed E-state index contributed by atoms with van der Waals surface area (Å²) in [6.45, 7) is 2.18. The molecular formula is C17H25Cl2N3O3S. The first-order valence-electron chi connectivity index (χ1n) is 9.01. The van der Waals surface area contributed by atoms with E-state index in [2.05, 4.69) is 9.88 Å². The van der Waals surface area contributed by atoms with Gasteiger partial charge in [0.15, 0.2) is 0 Å². The molecule has 2 fully saturated rings. The molecule has 0 N–H and O–H groups in total. The number of rotatable bonds is 4. The smallest absolute Gasteiger partial charge is 0.219 e. The maximum absolute atomic E-state index is 13.2. The molecule has 1 saturated carbocycles. The third-order valence-corrected chi connectivity index (χ3v) is 8.23. The summed E-state index contributed by atoms with van der Waals surface area (Å²) in [5.74, 6) is 0. The van der Waals surface area contributed by atoms with Gasteiger partial charge in [-0.3, -0.25) is 4.98 Å². The van der Waals surface area contributed by atoms with Crippen molar-refractivity contribution in [3.63, 3.8) is 0 Å². The van der Waals surface area contributed by atoms with Crippen LogP contribution in [0.15, 0.2) is 12.4 Å². The Bertz CT molecular complexity index is 712. The number of hydrogen-bond donors (Lipinski definition) is 0. The largest absolute Gasteiger partial charge is 0.380 e. The second-order valence-corrected chi connectivity index (χ2v) is 9.80. The third kappa shape index (κ3) is 4.12. The highest BCUT2D eigenvalue weighted by Gasteiger charge is 2.40. The van der Waals surface area contributed by atoms with Gasteiger partial charge in [0, 0.05) is 45.7 Å². The lowest BCUT2D eigenvalue weighted by molar-refractivity contribution is 0.0721. The fraction of sp³-hybridized carbons (Fsp3) is 0.706. The SMILES string of the molecule is COC1CCCCC1S(=O)(=O)N1CCCN(c2c(Cl)cncc2Cl)CC1. The lowest BCUT2D eigenvalue weighted by Crippen LogP contribution is -2.47. The molecule has 2 atom stereocenters. The molecule has 0 radical (unpaired) electrons. The zero-order valence-electron chi connectivity index (χ0n) is 14.9. The van der Waals surface area contributed by atoms with Crippen LogP contribution in [-0.4, -0.2) is 62.3 Å². The average molecular weight is 422 g/mol. The zero-order chi connectivity index (χ0) is 18.7. The number of pyridine rings is 1. The van der Waals surface area contributed by atoms with Crippen molar-refractivity contribution in [1.29, 1.82) is 0 Å². The van der Waals surface area contributed by atoms with Crippen LogP contribution in [0.5, 0.6) is 0 Å². The van der Waals surface area contributed by atoms with Crippen molar-refractivity contribution in [1.82, 2.24) is 9.29 Å². The Balaban J connectivity index is 1.76. The minimum absolute atomic E-state index is 0.211. The summed E-state index contributed by atoms with van der Waals surface area (Å²) in [6, 6.07) is 0. The molecule has 1 aromatic heterocycles. The second kappa shape index (κ2) is 8.61. The van der Waals surface area contributed by atoms with Crippen LogP contribution in [0.1, 0.15) is 32.1 Å². The number of hydrogen-bond acceptors (Lipinski definition) is 5. The minimum atomic E-state index is -3.39. The van der Waals surface area contributed by atoms with E-state index in [-0.39, 0.29) is 6.10 Å². The molecule has 0 bridgehead atoms. The summed E-state index contributed by atoms with van der Waals surface area (Å²) >= 11 is 12.5. The molecule has 26 heavy (non-hydrogen) atoms. The second-order valence-electron chi connectivity index (χ2n) is 6.83. The number of methoxy groups -OCH3 is 1. The summed E-state index contributed by atoms with van der Waals surface area (Å²) in [5, 5.41) is 0.530. The molecule has 1 saturated heterocycles. The summed E-state index contributed by atoms with van der Waals surface area (Å²) < 4.78 is 33.5. The van der Waals surface area contributed by atoms with Crippen molar-refractivity contribution >= 4 is 38.9 Å².